The van der Waals surface area contributed by atoms with Crippen LogP contribution in [0.1, 0.15) is 19.4 Å². The topological polar surface area (TPSA) is 87.6 Å². The Hall–Kier alpha value is -1.41. The first-order valence-electron chi connectivity index (χ1n) is 5.97. The van der Waals surface area contributed by atoms with Gasteiger partial charge in [0.1, 0.15) is 4.90 Å². The van der Waals surface area contributed by atoms with Gasteiger partial charge in [-0.05, 0) is 18.1 Å². The lowest BCUT2D eigenvalue weighted by atomic mass is 10.1. The van der Waals surface area contributed by atoms with E-state index in [2.05, 4.69) is 31.2 Å². The number of benzene rings is 1. The smallest absolute Gasteiger partial charge is 0.281 e. The number of amidine groups is 1. The van der Waals surface area contributed by atoms with Crippen LogP contribution in [0.3, 0.4) is 0 Å². The number of nitrogens with one attached hydrogen (secondary N) is 2. The molecule has 0 aromatic heterocycles. The second-order valence-corrected chi connectivity index (χ2v) is 7.23. The van der Waals surface area contributed by atoms with Crippen LogP contribution in [0.25, 0.3) is 0 Å². The third-order valence-electron chi connectivity index (χ3n) is 2.77. The lowest BCUT2D eigenvalue weighted by Crippen LogP contribution is -2.46. The summed E-state index contributed by atoms with van der Waals surface area (Å²) in [5.41, 5.74) is 5.47. The maximum Gasteiger partial charge on any atom is 0.285 e. The maximum atomic E-state index is 11.8. The minimum atomic E-state index is -3.68. The third-order valence-corrected chi connectivity index (χ3v) is 5.58. The SMILES string of the molecule is CC(C)C(Br)C(=O)NNC1=NS(=O)(=O)c2ccccc21. The van der Waals surface area contributed by atoms with Crippen LogP contribution in [0.15, 0.2) is 33.6 Å². The Kier molecular flexibility index (Phi) is 4.14. The number of nitrogens with zero attached hydrogens (tertiary/aromatic N) is 1. The maximum absolute atomic E-state index is 11.8. The van der Waals surface area contributed by atoms with Gasteiger partial charge in [0.25, 0.3) is 15.9 Å². The van der Waals surface area contributed by atoms with Gasteiger partial charge in [-0.3, -0.25) is 15.6 Å². The minimum absolute atomic E-state index is 0.110. The average Bonchev–Trinajstić information content (AvgIpc) is 2.67. The molecule has 0 saturated heterocycles. The van der Waals surface area contributed by atoms with Crippen LogP contribution in [0.2, 0.25) is 0 Å². The van der Waals surface area contributed by atoms with Gasteiger partial charge >= 0.3 is 0 Å². The number of carbonyl (C=O) groups excluding carboxylic acids is 1. The van der Waals surface area contributed by atoms with Gasteiger partial charge in [-0.15, -0.1) is 4.40 Å². The molecule has 108 valence electrons. The molecule has 2 N–H and O–H groups in total. The van der Waals surface area contributed by atoms with E-state index in [0.29, 0.717) is 5.56 Å². The number of amides is 1. The van der Waals surface area contributed by atoms with Gasteiger partial charge in [-0.2, -0.15) is 8.42 Å². The Morgan fingerprint density at radius 2 is 1.95 bits per heavy atom. The van der Waals surface area contributed by atoms with Crippen molar-refractivity contribution in [1.29, 1.82) is 0 Å². The number of hydrogen-bond donors (Lipinski definition) is 2. The van der Waals surface area contributed by atoms with Crippen molar-refractivity contribution in [1.82, 2.24) is 10.9 Å². The molecule has 1 unspecified atom stereocenters. The fourth-order valence-corrected chi connectivity index (χ4v) is 2.98. The molecule has 1 aromatic rings. The summed E-state index contributed by atoms with van der Waals surface area (Å²) in [6, 6.07) is 6.44. The second-order valence-electron chi connectivity index (χ2n) is 4.67. The zero-order valence-electron chi connectivity index (χ0n) is 10.9. The monoisotopic (exact) mass is 359 g/mol. The van der Waals surface area contributed by atoms with Crippen LogP contribution in [-0.2, 0) is 14.8 Å². The van der Waals surface area contributed by atoms with Gasteiger partial charge in [0.2, 0.25) is 0 Å². The highest BCUT2D eigenvalue weighted by atomic mass is 79.9. The van der Waals surface area contributed by atoms with Crippen molar-refractivity contribution in [3.8, 4) is 0 Å². The fourth-order valence-electron chi connectivity index (χ4n) is 1.69. The molecular weight excluding hydrogens is 346 g/mol. The van der Waals surface area contributed by atoms with E-state index in [1.165, 1.54) is 6.07 Å². The first-order chi connectivity index (χ1) is 9.33. The Balaban J connectivity index is 2.15. The number of hydrazine groups is 1. The highest BCUT2D eigenvalue weighted by Crippen LogP contribution is 2.24. The number of fused-ring (bicyclic) bond motifs is 1. The van der Waals surface area contributed by atoms with E-state index in [9.17, 15) is 13.2 Å². The minimum Gasteiger partial charge on any atom is -0.281 e. The molecule has 20 heavy (non-hydrogen) atoms. The summed E-state index contributed by atoms with van der Waals surface area (Å²) < 4.78 is 27.2. The summed E-state index contributed by atoms with van der Waals surface area (Å²) >= 11 is 3.26. The molecule has 0 fully saturated rings. The van der Waals surface area contributed by atoms with Crippen LogP contribution < -0.4 is 10.9 Å². The number of alkyl halides is 1. The highest BCUT2D eigenvalue weighted by molar-refractivity contribution is 9.10. The molecule has 0 bridgehead atoms. The normalized spacial score (nSPS) is 17.3. The van der Waals surface area contributed by atoms with E-state index in [1.54, 1.807) is 18.2 Å². The Bertz CT molecular complexity index is 670. The Morgan fingerprint density at radius 3 is 2.60 bits per heavy atom. The first-order valence-corrected chi connectivity index (χ1v) is 8.33. The highest BCUT2D eigenvalue weighted by Gasteiger charge is 2.29. The van der Waals surface area contributed by atoms with Crippen molar-refractivity contribution in [2.24, 2.45) is 10.3 Å². The molecule has 1 aliphatic heterocycles. The first kappa shape index (κ1) is 15.0. The molecular formula is C12H14BrN3O3S. The van der Waals surface area contributed by atoms with Gasteiger partial charge in [0, 0.05) is 5.56 Å². The standard InChI is InChI=1S/C12H14BrN3O3S/c1-7(2)10(13)12(17)15-14-11-8-5-3-4-6-9(8)20(18,19)16-11/h3-7,10H,1-2H3,(H,14,16)(H,15,17). The van der Waals surface area contributed by atoms with Crippen LogP contribution in [0.5, 0.6) is 0 Å². The second kappa shape index (κ2) is 5.53. The largest absolute Gasteiger partial charge is 0.285 e. The molecule has 0 saturated carbocycles. The summed E-state index contributed by atoms with van der Waals surface area (Å²) in [7, 11) is -3.68. The van der Waals surface area contributed by atoms with Crippen LogP contribution in [0.4, 0.5) is 0 Å². The van der Waals surface area contributed by atoms with Gasteiger partial charge in [-0.1, -0.05) is 41.9 Å². The van der Waals surface area contributed by atoms with E-state index >= 15 is 0 Å². The van der Waals surface area contributed by atoms with Crippen molar-refractivity contribution in [3.63, 3.8) is 0 Å². The molecule has 1 atom stereocenters. The van der Waals surface area contributed by atoms with Crippen LogP contribution in [-0.4, -0.2) is 25.0 Å². The summed E-state index contributed by atoms with van der Waals surface area (Å²) in [5.74, 6) is -0.0554. The van der Waals surface area contributed by atoms with Gasteiger partial charge < -0.3 is 0 Å². The molecule has 0 aliphatic carbocycles. The summed E-state index contributed by atoms with van der Waals surface area (Å²) in [6.45, 7) is 3.79. The molecule has 1 heterocycles. The Labute approximate surface area is 125 Å². The fraction of sp³-hybridized carbons (Fsp3) is 0.333. The average molecular weight is 360 g/mol. The van der Waals surface area contributed by atoms with Crippen LogP contribution in [0, 0.1) is 5.92 Å². The third kappa shape index (κ3) is 2.85. The van der Waals surface area contributed by atoms with Crippen molar-refractivity contribution >= 4 is 37.7 Å². The van der Waals surface area contributed by atoms with Crippen molar-refractivity contribution in [2.75, 3.05) is 0 Å². The van der Waals surface area contributed by atoms with E-state index in [-0.39, 0.29) is 27.4 Å². The van der Waals surface area contributed by atoms with Gasteiger partial charge in [0.05, 0.1) is 4.83 Å². The van der Waals surface area contributed by atoms with Crippen LogP contribution >= 0.6 is 15.9 Å². The number of halogens is 1. The summed E-state index contributed by atoms with van der Waals surface area (Å²) in [5, 5.41) is 0. The van der Waals surface area contributed by atoms with Crippen molar-refractivity contribution in [3.05, 3.63) is 29.8 Å². The lowest BCUT2D eigenvalue weighted by Gasteiger charge is -2.14. The van der Waals surface area contributed by atoms with Crippen molar-refractivity contribution in [2.45, 2.75) is 23.6 Å². The number of sulfonamides is 1. The van der Waals surface area contributed by atoms with E-state index in [0.717, 1.165) is 0 Å². The van der Waals surface area contributed by atoms with E-state index in [1.807, 2.05) is 13.8 Å². The van der Waals surface area contributed by atoms with E-state index in [4.69, 9.17) is 0 Å². The van der Waals surface area contributed by atoms with Gasteiger partial charge in [0.15, 0.2) is 5.84 Å². The lowest BCUT2D eigenvalue weighted by molar-refractivity contribution is -0.121. The molecule has 0 radical (unpaired) electrons. The molecule has 6 nitrogen and oxygen atoms in total. The molecule has 2 rings (SSSR count). The number of hydrogen-bond acceptors (Lipinski definition) is 4. The number of carbonyl (C=O) groups is 1. The van der Waals surface area contributed by atoms with E-state index < -0.39 is 10.0 Å². The quantitative estimate of drug-likeness (QED) is 0.612. The predicted molar refractivity (Wildman–Crippen MR) is 79.0 cm³/mol. The molecule has 8 heteroatoms. The molecule has 1 aliphatic rings. The molecule has 0 spiro atoms. The van der Waals surface area contributed by atoms with Crippen molar-refractivity contribution < 1.29 is 13.2 Å². The zero-order valence-corrected chi connectivity index (χ0v) is 13.3. The summed E-state index contributed by atoms with van der Waals surface area (Å²) in [4.78, 5) is 11.6. The Morgan fingerprint density at radius 1 is 1.30 bits per heavy atom. The molecule has 1 amide bonds. The van der Waals surface area contributed by atoms with Gasteiger partial charge in [-0.25, -0.2) is 0 Å². The predicted octanol–water partition coefficient (Wildman–Crippen LogP) is 1.18. The zero-order chi connectivity index (χ0) is 14.9. The number of rotatable bonds is 2. The summed E-state index contributed by atoms with van der Waals surface area (Å²) in [6.07, 6.45) is 0. The molecule has 1 aromatic carbocycles.